The second-order valence-corrected chi connectivity index (χ2v) is 7.86. The number of hydrogen-bond acceptors (Lipinski definition) is 0. The van der Waals surface area contributed by atoms with Gasteiger partial charge in [-0.05, 0) is 17.8 Å². The van der Waals surface area contributed by atoms with Gasteiger partial charge in [-0.1, -0.05) is 78.4 Å². The largest absolute Gasteiger partial charge is 0.120 e. The fourth-order valence-corrected chi connectivity index (χ4v) is 3.07. The van der Waals surface area contributed by atoms with Crippen LogP contribution in [-0.2, 0) is 0 Å². The van der Waals surface area contributed by atoms with E-state index in [2.05, 4.69) is 48.8 Å². The lowest BCUT2D eigenvalue weighted by Gasteiger charge is -2.30. The summed E-state index contributed by atoms with van der Waals surface area (Å²) in [7, 11) is 2.60. The van der Waals surface area contributed by atoms with Crippen LogP contribution in [0.2, 0.25) is 11.1 Å². The molecule has 2 unspecified atom stereocenters. The van der Waals surface area contributed by atoms with Crippen molar-refractivity contribution < 1.29 is 0 Å². The molecule has 1 aliphatic carbocycles. The average molecular weight is 221 g/mol. The molecule has 0 nitrogen and oxygen atoms in total. The Morgan fingerprint density at radius 1 is 0.812 bits per heavy atom. The van der Waals surface area contributed by atoms with Gasteiger partial charge in [-0.3, -0.25) is 0 Å². The summed E-state index contributed by atoms with van der Waals surface area (Å²) in [5.41, 5.74) is 0.511. The molecule has 0 saturated heterocycles. The SMILES string of the molecule is CC(C)(C)[B]C1CCCC(C(C)(C)C)CC1. The maximum atomic E-state index is 2.60. The Hall–Kier alpha value is 0.0649. The summed E-state index contributed by atoms with van der Waals surface area (Å²) >= 11 is 0. The Balaban J connectivity index is 2.47. The van der Waals surface area contributed by atoms with Crippen molar-refractivity contribution in [1.29, 1.82) is 0 Å². The van der Waals surface area contributed by atoms with Crippen molar-refractivity contribution in [2.75, 3.05) is 0 Å². The van der Waals surface area contributed by atoms with E-state index in [9.17, 15) is 0 Å². The zero-order valence-electron chi connectivity index (χ0n) is 12.3. The van der Waals surface area contributed by atoms with Gasteiger partial charge in [-0.25, -0.2) is 0 Å². The summed E-state index contributed by atoms with van der Waals surface area (Å²) in [6, 6.07) is 0. The third kappa shape index (κ3) is 4.93. The Labute approximate surface area is 104 Å². The van der Waals surface area contributed by atoms with E-state index in [-0.39, 0.29) is 0 Å². The van der Waals surface area contributed by atoms with Gasteiger partial charge in [-0.15, -0.1) is 0 Å². The minimum atomic E-state index is 0.395. The lowest BCUT2D eigenvalue weighted by molar-refractivity contribution is 0.215. The van der Waals surface area contributed by atoms with Crippen molar-refractivity contribution in [3.05, 3.63) is 0 Å². The molecule has 0 N–H and O–H groups in total. The minimum absolute atomic E-state index is 0.395. The van der Waals surface area contributed by atoms with Gasteiger partial charge in [0.2, 0.25) is 0 Å². The molecule has 1 radical (unpaired) electrons. The molecule has 1 fully saturated rings. The van der Waals surface area contributed by atoms with Gasteiger partial charge in [0.15, 0.2) is 0 Å². The summed E-state index contributed by atoms with van der Waals surface area (Å²) < 4.78 is 0. The van der Waals surface area contributed by atoms with Crippen LogP contribution in [0, 0.1) is 11.3 Å². The molecule has 93 valence electrons. The van der Waals surface area contributed by atoms with Crippen LogP contribution in [0.25, 0.3) is 0 Å². The lowest BCUT2D eigenvalue weighted by Crippen LogP contribution is -2.20. The predicted octanol–water partition coefficient (Wildman–Crippen LogP) is 5.32. The summed E-state index contributed by atoms with van der Waals surface area (Å²) in [6.45, 7) is 14.2. The highest BCUT2D eigenvalue weighted by molar-refractivity contribution is 6.41. The van der Waals surface area contributed by atoms with E-state index >= 15 is 0 Å². The summed E-state index contributed by atoms with van der Waals surface area (Å²) in [5, 5.41) is 0.395. The third-order valence-corrected chi connectivity index (χ3v) is 3.97. The summed E-state index contributed by atoms with van der Waals surface area (Å²) in [5.74, 6) is 1.80. The molecule has 1 heteroatoms. The van der Waals surface area contributed by atoms with E-state index in [4.69, 9.17) is 0 Å². The smallest absolute Gasteiger partial charge is 0.0682 e. The quantitative estimate of drug-likeness (QED) is 0.415. The van der Waals surface area contributed by atoms with Crippen LogP contribution in [0.5, 0.6) is 0 Å². The molecule has 0 aromatic rings. The monoisotopic (exact) mass is 221 g/mol. The van der Waals surface area contributed by atoms with Crippen molar-refractivity contribution in [2.45, 2.75) is 84.8 Å². The van der Waals surface area contributed by atoms with Crippen LogP contribution in [-0.4, -0.2) is 7.28 Å². The van der Waals surface area contributed by atoms with Crippen LogP contribution in [0.4, 0.5) is 0 Å². The highest BCUT2D eigenvalue weighted by atomic mass is 14.3. The van der Waals surface area contributed by atoms with E-state index < -0.39 is 0 Å². The molecular weight excluding hydrogens is 191 g/mol. The highest BCUT2D eigenvalue weighted by Crippen LogP contribution is 2.41. The standard InChI is InChI=1S/C15H30B/c1-14(2,3)12-8-7-9-13(11-10-12)16-15(4,5)6/h12-13H,7-11H2,1-6H3. The Bertz CT molecular complexity index is 206. The van der Waals surface area contributed by atoms with E-state index in [1.165, 1.54) is 32.1 Å². The third-order valence-electron chi connectivity index (χ3n) is 3.97. The Kier molecular flexibility index (Phi) is 4.54. The molecule has 1 rings (SSSR count). The zero-order valence-corrected chi connectivity index (χ0v) is 12.3. The molecule has 0 spiro atoms. The molecule has 1 aliphatic rings. The second kappa shape index (κ2) is 5.15. The molecule has 0 aromatic carbocycles. The van der Waals surface area contributed by atoms with Gasteiger partial charge in [0.25, 0.3) is 0 Å². The van der Waals surface area contributed by atoms with Gasteiger partial charge in [0.1, 0.15) is 7.28 Å². The number of rotatable bonds is 1. The summed E-state index contributed by atoms with van der Waals surface area (Å²) in [4.78, 5) is 0. The van der Waals surface area contributed by atoms with Gasteiger partial charge in [0.05, 0.1) is 0 Å². The van der Waals surface area contributed by atoms with Crippen LogP contribution < -0.4 is 0 Å². The maximum Gasteiger partial charge on any atom is 0.120 e. The number of hydrogen-bond donors (Lipinski definition) is 0. The van der Waals surface area contributed by atoms with Crippen LogP contribution >= 0.6 is 0 Å². The van der Waals surface area contributed by atoms with E-state index in [1.54, 1.807) is 0 Å². The molecule has 0 bridgehead atoms. The first-order valence-corrected chi connectivity index (χ1v) is 7.04. The van der Waals surface area contributed by atoms with E-state index in [0.717, 1.165) is 11.7 Å². The average Bonchev–Trinajstić information content (AvgIpc) is 2.25. The molecule has 16 heavy (non-hydrogen) atoms. The first-order valence-electron chi connectivity index (χ1n) is 7.04. The molecule has 1 saturated carbocycles. The molecular formula is C15H30B. The maximum absolute atomic E-state index is 2.60. The molecule has 0 amide bonds. The van der Waals surface area contributed by atoms with Crippen molar-refractivity contribution in [3.63, 3.8) is 0 Å². The van der Waals surface area contributed by atoms with Gasteiger partial charge >= 0.3 is 0 Å². The van der Waals surface area contributed by atoms with Crippen molar-refractivity contribution in [1.82, 2.24) is 0 Å². The van der Waals surface area contributed by atoms with Crippen LogP contribution in [0.3, 0.4) is 0 Å². The van der Waals surface area contributed by atoms with Crippen LogP contribution in [0.1, 0.15) is 73.6 Å². The van der Waals surface area contributed by atoms with E-state index in [0.29, 0.717) is 10.7 Å². The van der Waals surface area contributed by atoms with E-state index in [1.807, 2.05) is 0 Å². The second-order valence-electron chi connectivity index (χ2n) is 7.86. The van der Waals surface area contributed by atoms with Crippen molar-refractivity contribution >= 4 is 7.28 Å². The molecule has 0 heterocycles. The van der Waals surface area contributed by atoms with Crippen molar-refractivity contribution in [2.24, 2.45) is 11.3 Å². The molecule has 0 aromatic heterocycles. The van der Waals surface area contributed by atoms with Gasteiger partial charge in [0, 0.05) is 0 Å². The molecule has 0 aliphatic heterocycles. The normalized spacial score (nSPS) is 28.6. The summed E-state index contributed by atoms with van der Waals surface area (Å²) in [6.07, 6.45) is 7.14. The minimum Gasteiger partial charge on any atom is -0.0682 e. The molecule has 2 atom stereocenters. The zero-order chi connectivity index (χ0) is 12.4. The predicted molar refractivity (Wildman–Crippen MR) is 75.2 cm³/mol. The van der Waals surface area contributed by atoms with Gasteiger partial charge < -0.3 is 0 Å². The fraction of sp³-hybridized carbons (Fsp3) is 1.00. The fourth-order valence-electron chi connectivity index (χ4n) is 3.07. The topological polar surface area (TPSA) is 0 Å². The van der Waals surface area contributed by atoms with Crippen LogP contribution in [0.15, 0.2) is 0 Å². The lowest BCUT2D eigenvalue weighted by atomic mass is 9.46. The van der Waals surface area contributed by atoms with Crippen molar-refractivity contribution in [3.8, 4) is 0 Å². The Morgan fingerprint density at radius 2 is 1.44 bits per heavy atom. The van der Waals surface area contributed by atoms with Gasteiger partial charge in [-0.2, -0.15) is 0 Å². The first-order chi connectivity index (χ1) is 7.18. The Morgan fingerprint density at radius 3 is 1.94 bits per heavy atom. The highest BCUT2D eigenvalue weighted by Gasteiger charge is 2.29. The first kappa shape index (κ1) is 14.1.